The summed E-state index contributed by atoms with van der Waals surface area (Å²) in [4.78, 5) is 25.2. The molecule has 0 N–H and O–H groups in total. The van der Waals surface area contributed by atoms with E-state index in [1.54, 1.807) is 30.3 Å². The molecule has 0 atom stereocenters. The van der Waals surface area contributed by atoms with Crippen molar-refractivity contribution in [3.8, 4) is 5.75 Å². The van der Waals surface area contributed by atoms with Crippen molar-refractivity contribution in [2.75, 3.05) is 0 Å². The fourth-order valence-electron chi connectivity index (χ4n) is 3.11. The van der Waals surface area contributed by atoms with Crippen LogP contribution in [0.25, 0.3) is 6.08 Å². The number of Topliss-reactive ketones (excluding diaryl/α,β-unsaturated/α-hetero) is 1. The molecule has 1 aliphatic carbocycles. The number of esters is 1. The first-order valence-electron chi connectivity index (χ1n) is 8.42. The third-order valence-electron chi connectivity index (χ3n) is 4.36. The summed E-state index contributed by atoms with van der Waals surface area (Å²) in [5.74, 6) is -0.231. The second kappa shape index (κ2) is 6.81. The molecule has 3 aromatic rings. The van der Waals surface area contributed by atoms with Crippen LogP contribution >= 0.6 is 0 Å². The smallest absolute Gasteiger partial charge is 0.343 e. The Bertz CT molecular complexity index is 1000. The Morgan fingerprint density at radius 1 is 0.846 bits per heavy atom. The average molecular weight is 340 g/mol. The van der Waals surface area contributed by atoms with E-state index >= 15 is 0 Å². The van der Waals surface area contributed by atoms with Crippen molar-refractivity contribution in [1.29, 1.82) is 0 Å². The van der Waals surface area contributed by atoms with E-state index in [-0.39, 0.29) is 5.78 Å². The molecular weight excluding hydrogens is 324 g/mol. The standard InChI is InChI=1S/C23H16O3/c24-22-19(14-16-8-3-1-4-9-16)15-18-12-7-13-20(21(18)22)26-23(25)17-10-5-2-6-11-17/h1-14H,15H2/b19-14+. The lowest BCUT2D eigenvalue weighted by atomic mass is 10.1. The zero-order valence-electron chi connectivity index (χ0n) is 14.0. The predicted molar refractivity (Wildman–Crippen MR) is 100 cm³/mol. The maximum atomic E-state index is 12.9. The Morgan fingerprint density at radius 2 is 1.54 bits per heavy atom. The zero-order chi connectivity index (χ0) is 17.9. The molecule has 0 radical (unpaired) electrons. The van der Waals surface area contributed by atoms with Crippen molar-refractivity contribution >= 4 is 17.8 Å². The van der Waals surface area contributed by atoms with E-state index in [0.29, 0.717) is 28.9 Å². The summed E-state index contributed by atoms with van der Waals surface area (Å²) < 4.78 is 5.53. The fourth-order valence-corrected chi connectivity index (χ4v) is 3.11. The van der Waals surface area contributed by atoms with Gasteiger partial charge >= 0.3 is 5.97 Å². The number of hydrogen-bond donors (Lipinski definition) is 0. The van der Waals surface area contributed by atoms with E-state index in [9.17, 15) is 9.59 Å². The van der Waals surface area contributed by atoms with Gasteiger partial charge in [-0.25, -0.2) is 4.79 Å². The second-order valence-electron chi connectivity index (χ2n) is 6.13. The SMILES string of the molecule is O=C(Oc1cccc2c1C(=O)/C(=C/c1ccccc1)C2)c1ccccc1. The van der Waals surface area contributed by atoms with Crippen molar-refractivity contribution in [3.05, 3.63) is 107 Å². The molecule has 0 amide bonds. The minimum atomic E-state index is -0.465. The van der Waals surface area contributed by atoms with Gasteiger partial charge in [0, 0.05) is 12.0 Å². The molecule has 0 unspecified atom stereocenters. The van der Waals surface area contributed by atoms with Crippen LogP contribution in [0.15, 0.2) is 84.4 Å². The lowest BCUT2D eigenvalue weighted by molar-refractivity contribution is 0.0733. The van der Waals surface area contributed by atoms with E-state index in [1.807, 2.05) is 54.6 Å². The maximum absolute atomic E-state index is 12.9. The van der Waals surface area contributed by atoms with E-state index in [2.05, 4.69) is 0 Å². The van der Waals surface area contributed by atoms with Gasteiger partial charge in [0.1, 0.15) is 5.75 Å². The molecule has 1 aliphatic rings. The summed E-state index contributed by atoms with van der Waals surface area (Å²) in [5, 5.41) is 0. The minimum Gasteiger partial charge on any atom is -0.422 e. The van der Waals surface area contributed by atoms with Crippen LogP contribution in [0.1, 0.15) is 31.8 Å². The number of benzene rings is 3. The van der Waals surface area contributed by atoms with Gasteiger partial charge in [-0.15, -0.1) is 0 Å². The van der Waals surface area contributed by atoms with Gasteiger partial charge < -0.3 is 4.74 Å². The Labute approximate surface area is 151 Å². The average Bonchev–Trinajstić information content (AvgIpc) is 3.00. The molecule has 0 aromatic heterocycles. The monoisotopic (exact) mass is 340 g/mol. The van der Waals surface area contributed by atoms with Crippen LogP contribution in [0.4, 0.5) is 0 Å². The molecule has 0 spiro atoms. The van der Waals surface area contributed by atoms with Crippen LogP contribution in [-0.4, -0.2) is 11.8 Å². The molecule has 0 fully saturated rings. The van der Waals surface area contributed by atoms with E-state index in [0.717, 1.165) is 11.1 Å². The lowest BCUT2D eigenvalue weighted by Gasteiger charge is -2.08. The molecule has 3 heteroatoms. The van der Waals surface area contributed by atoms with Crippen LogP contribution in [0.5, 0.6) is 5.75 Å². The van der Waals surface area contributed by atoms with Gasteiger partial charge in [-0.3, -0.25) is 4.79 Å². The van der Waals surface area contributed by atoms with Gasteiger partial charge in [0.05, 0.1) is 11.1 Å². The second-order valence-corrected chi connectivity index (χ2v) is 6.13. The molecule has 0 saturated heterocycles. The largest absolute Gasteiger partial charge is 0.422 e. The Balaban J connectivity index is 1.65. The van der Waals surface area contributed by atoms with Crippen LogP contribution in [-0.2, 0) is 6.42 Å². The van der Waals surface area contributed by atoms with E-state index in [1.165, 1.54) is 0 Å². The van der Waals surface area contributed by atoms with Crippen molar-refractivity contribution < 1.29 is 14.3 Å². The number of rotatable bonds is 3. The first-order valence-corrected chi connectivity index (χ1v) is 8.42. The van der Waals surface area contributed by atoms with Gasteiger partial charge in [-0.1, -0.05) is 60.7 Å². The number of fused-ring (bicyclic) bond motifs is 1. The summed E-state index contributed by atoms with van der Waals surface area (Å²) in [5.41, 5.74) is 3.51. The topological polar surface area (TPSA) is 43.4 Å². The van der Waals surface area contributed by atoms with Gasteiger partial charge in [-0.2, -0.15) is 0 Å². The summed E-state index contributed by atoms with van der Waals surface area (Å²) in [6.07, 6.45) is 2.44. The highest BCUT2D eigenvalue weighted by atomic mass is 16.5. The van der Waals surface area contributed by atoms with Crippen LogP contribution in [0.2, 0.25) is 0 Å². The molecule has 0 aliphatic heterocycles. The van der Waals surface area contributed by atoms with Gasteiger partial charge in [-0.05, 0) is 35.4 Å². The van der Waals surface area contributed by atoms with Gasteiger partial charge in [0.25, 0.3) is 0 Å². The zero-order valence-corrected chi connectivity index (χ0v) is 14.0. The number of carbonyl (C=O) groups excluding carboxylic acids is 2. The van der Waals surface area contributed by atoms with Crippen molar-refractivity contribution in [2.45, 2.75) is 6.42 Å². The molecule has 126 valence electrons. The predicted octanol–water partition coefficient (Wildman–Crippen LogP) is 4.73. The third kappa shape index (κ3) is 3.07. The first-order chi connectivity index (χ1) is 12.7. The number of ether oxygens (including phenoxy) is 1. The van der Waals surface area contributed by atoms with E-state index < -0.39 is 5.97 Å². The highest BCUT2D eigenvalue weighted by Crippen LogP contribution is 2.34. The summed E-state index contributed by atoms with van der Waals surface area (Å²) >= 11 is 0. The lowest BCUT2D eigenvalue weighted by Crippen LogP contribution is -2.10. The quantitative estimate of drug-likeness (QED) is 0.393. The molecular formula is C23H16O3. The highest BCUT2D eigenvalue weighted by molar-refractivity contribution is 6.17. The van der Waals surface area contributed by atoms with Gasteiger partial charge in [0.2, 0.25) is 0 Å². The normalized spacial score (nSPS) is 14.3. The summed E-state index contributed by atoms with van der Waals surface area (Å²) in [6.45, 7) is 0. The van der Waals surface area contributed by atoms with Crippen LogP contribution < -0.4 is 4.74 Å². The van der Waals surface area contributed by atoms with Crippen LogP contribution in [0.3, 0.4) is 0 Å². The summed E-state index contributed by atoms with van der Waals surface area (Å²) in [6, 6.07) is 23.9. The number of carbonyl (C=O) groups is 2. The minimum absolute atomic E-state index is 0.0830. The Hall–Kier alpha value is -3.46. The van der Waals surface area contributed by atoms with Crippen molar-refractivity contribution in [2.24, 2.45) is 0 Å². The number of hydrogen-bond acceptors (Lipinski definition) is 3. The molecule has 0 bridgehead atoms. The van der Waals surface area contributed by atoms with E-state index in [4.69, 9.17) is 4.74 Å². The number of allylic oxidation sites excluding steroid dienone is 1. The molecule has 0 saturated carbocycles. The summed E-state index contributed by atoms with van der Waals surface area (Å²) in [7, 11) is 0. The van der Waals surface area contributed by atoms with Crippen molar-refractivity contribution in [1.82, 2.24) is 0 Å². The maximum Gasteiger partial charge on any atom is 0.343 e. The fraction of sp³-hybridized carbons (Fsp3) is 0.0435. The molecule has 4 rings (SSSR count). The highest BCUT2D eigenvalue weighted by Gasteiger charge is 2.29. The Kier molecular flexibility index (Phi) is 4.20. The van der Waals surface area contributed by atoms with Crippen LogP contribution in [0, 0.1) is 0 Å². The Morgan fingerprint density at radius 3 is 2.27 bits per heavy atom. The first kappa shape index (κ1) is 16.0. The molecule has 26 heavy (non-hydrogen) atoms. The molecule has 3 nitrogen and oxygen atoms in total. The molecule has 3 aromatic carbocycles. The number of ketones is 1. The van der Waals surface area contributed by atoms with Crippen molar-refractivity contribution in [3.63, 3.8) is 0 Å². The van der Waals surface area contributed by atoms with Gasteiger partial charge in [0.15, 0.2) is 5.78 Å². The molecule has 0 heterocycles. The third-order valence-corrected chi connectivity index (χ3v) is 4.36.